The van der Waals surface area contributed by atoms with E-state index in [4.69, 9.17) is 14.2 Å². The fourth-order valence-corrected chi connectivity index (χ4v) is 4.62. The molecule has 0 aliphatic rings. The Labute approximate surface area is 255 Å². The van der Waals surface area contributed by atoms with Crippen molar-refractivity contribution in [1.29, 1.82) is 0 Å². The number of ether oxygens (including phenoxy) is 3. The summed E-state index contributed by atoms with van der Waals surface area (Å²) in [7, 11) is 4.68. The van der Waals surface area contributed by atoms with Gasteiger partial charge in [0.25, 0.3) is 0 Å². The third-order valence-electron chi connectivity index (χ3n) is 6.73. The molecule has 4 aromatic rings. The highest BCUT2D eigenvalue weighted by Crippen LogP contribution is 2.29. The van der Waals surface area contributed by atoms with Gasteiger partial charge in [0.15, 0.2) is 11.5 Å². The molecular weight excluding hydrogens is 567 g/mol. The third-order valence-corrected chi connectivity index (χ3v) is 6.73. The number of tetrazole rings is 1. The van der Waals surface area contributed by atoms with Gasteiger partial charge in [-0.2, -0.15) is 4.80 Å². The van der Waals surface area contributed by atoms with Gasteiger partial charge < -0.3 is 24.4 Å². The molecule has 4 rings (SSSR count). The van der Waals surface area contributed by atoms with Crippen LogP contribution in [-0.2, 0) is 22.6 Å². The summed E-state index contributed by atoms with van der Waals surface area (Å²) in [6.07, 6.45) is 0.383. The van der Waals surface area contributed by atoms with Crippen LogP contribution < -0.4 is 19.5 Å². The van der Waals surface area contributed by atoms with Gasteiger partial charge in [-0.3, -0.25) is 9.59 Å². The predicted molar refractivity (Wildman–Crippen MR) is 162 cm³/mol. The number of amides is 2. The smallest absolute Gasteiger partial charge is 0.247 e. The quantitative estimate of drug-likeness (QED) is 0.255. The first kappa shape index (κ1) is 31.9. The molecule has 0 aliphatic carbocycles. The number of nitrogens with one attached hydrogen (secondary N) is 1. The van der Waals surface area contributed by atoms with Gasteiger partial charge in [-0.15, -0.1) is 10.2 Å². The lowest BCUT2D eigenvalue weighted by molar-refractivity contribution is -0.142. The topological polar surface area (TPSA) is 121 Å². The van der Waals surface area contributed by atoms with Crippen molar-refractivity contribution in [3.63, 3.8) is 0 Å². The first-order chi connectivity index (χ1) is 21.0. The van der Waals surface area contributed by atoms with Gasteiger partial charge in [0.05, 0.1) is 21.3 Å². The number of rotatable bonds is 12. The maximum atomic E-state index is 14.0. The SMILES string of the molecule is COc1ccc(-c2nnn(CC(=O)N(CCc3ccc(OC)c(OC)c3)[C@@H](C(=O)NC(C)(C)C)c3ccc(F)cc3)n2)cc1. The van der Waals surface area contributed by atoms with Crippen molar-refractivity contribution >= 4 is 11.8 Å². The van der Waals surface area contributed by atoms with Crippen LogP contribution in [0.2, 0.25) is 0 Å². The maximum absolute atomic E-state index is 14.0. The molecule has 1 atom stereocenters. The summed E-state index contributed by atoms with van der Waals surface area (Å²) < 4.78 is 29.9. The second-order valence-corrected chi connectivity index (χ2v) is 11.1. The van der Waals surface area contributed by atoms with Gasteiger partial charge in [-0.1, -0.05) is 18.2 Å². The van der Waals surface area contributed by atoms with Crippen LogP contribution in [0.4, 0.5) is 4.39 Å². The Morgan fingerprint density at radius 3 is 2.23 bits per heavy atom. The van der Waals surface area contributed by atoms with E-state index in [9.17, 15) is 14.0 Å². The minimum Gasteiger partial charge on any atom is -0.497 e. The van der Waals surface area contributed by atoms with Crippen molar-refractivity contribution in [2.75, 3.05) is 27.9 Å². The van der Waals surface area contributed by atoms with Gasteiger partial charge >= 0.3 is 0 Å². The van der Waals surface area contributed by atoms with Crippen molar-refractivity contribution in [3.05, 3.63) is 83.7 Å². The molecule has 232 valence electrons. The average molecular weight is 605 g/mol. The number of methoxy groups -OCH3 is 3. The molecule has 1 N–H and O–H groups in total. The van der Waals surface area contributed by atoms with Gasteiger partial charge in [0, 0.05) is 17.6 Å². The van der Waals surface area contributed by atoms with Gasteiger partial charge in [0.1, 0.15) is 24.2 Å². The molecule has 0 fully saturated rings. The fraction of sp³-hybridized carbons (Fsp3) is 0.344. The number of aromatic nitrogens is 4. The molecular formula is C32H37FN6O5. The Bertz CT molecular complexity index is 1570. The summed E-state index contributed by atoms with van der Waals surface area (Å²) in [5.74, 6) is 0.839. The molecule has 44 heavy (non-hydrogen) atoms. The average Bonchev–Trinajstić information content (AvgIpc) is 3.47. The molecule has 3 aromatic carbocycles. The Morgan fingerprint density at radius 1 is 0.932 bits per heavy atom. The van der Waals surface area contributed by atoms with Gasteiger partial charge in [-0.25, -0.2) is 4.39 Å². The molecule has 11 nitrogen and oxygen atoms in total. The van der Waals surface area contributed by atoms with E-state index in [1.54, 1.807) is 51.7 Å². The molecule has 1 heterocycles. The van der Waals surface area contributed by atoms with Crippen LogP contribution in [0.1, 0.15) is 37.9 Å². The highest BCUT2D eigenvalue weighted by molar-refractivity contribution is 5.89. The molecule has 0 bridgehead atoms. The molecule has 2 amide bonds. The third kappa shape index (κ3) is 8.09. The summed E-state index contributed by atoms with van der Waals surface area (Å²) in [6, 6.07) is 17.1. The van der Waals surface area contributed by atoms with E-state index in [0.717, 1.165) is 5.56 Å². The summed E-state index contributed by atoms with van der Waals surface area (Å²) in [5, 5.41) is 15.6. The Balaban J connectivity index is 1.67. The van der Waals surface area contributed by atoms with E-state index in [0.29, 0.717) is 40.6 Å². The van der Waals surface area contributed by atoms with E-state index < -0.39 is 29.2 Å². The molecule has 12 heteroatoms. The van der Waals surface area contributed by atoms with Crippen molar-refractivity contribution in [2.24, 2.45) is 0 Å². The van der Waals surface area contributed by atoms with Crippen LogP contribution in [0.15, 0.2) is 66.7 Å². The van der Waals surface area contributed by atoms with Crippen molar-refractivity contribution in [1.82, 2.24) is 30.4 Å². The van der Waals surface area contributed by atoms with Crippen molar-refractivity contribution in [2.45, 2.75) is 45.3 Å². The molecule has 0 saturated heterocycles. The predicted octanol–water partition coefficient (Wildman–Crippen LogP) is 4.23. The van der Waals surface area contributed by atoms with Crippen LogP contribution in [0.5, 0.6) is 17.2 Å². The lowest BCUT2D eigenvalue weighted by atomic mass is 10.0. The number of hydrogen-bond acceptors (Lipinski definition) is 8. The van der Waals surface area contributed by atoms with Crippen LogP contribution in [0, 0.1) is 5.82 Å². The monoisotopic (exact) mass is 604 g/mol. The highest BCUT2D eigenvalue weighted by Gasteiger charge is 2.33. The number of carbonyl (C=O) groups is 2. The largest absolute Gasteiger partial charge is 0.497 e. The molecule has 1 aromatic heterocycles. The van der Waals surface area contributed by atoms with Gasteiger partial charge in [-0.05, 0) is 92.1 Å². The second-order valence-electron chi connectivity index (χ2n) is 11.1. The van der Waals surface area contributed by atoms with Crippen LogP contribution in [0.25, 0.3) is 11.4 Å². The van der Waals surface area contributed by atoms with E-state index in [2.05, 4.69) is 20.7 Å². The minimum atomic E-state index is -1.06. The van der Waals surface area contributed by atoms with E-state index in [-0.39, 0.29) is 13.1 Å². The zero-order valence-corrected chi connectivity index (χ0v) is 25.7. The highest BCUT2D eigenvalue weighted by atomic mass is 19.1. The fourth-order valence-electron chi connectivity index (χ4n) is 4.62. The summed E-state index contributed by atoms with van der Waals surface area (Å²) in [5.41, 5.74) is 1.42. The number of carbonyl (C=O) groups excluding carboxylic acids is 2. The Kier molecular flexibility index (Phi) is 10.1. The zero-order valence-electron chi connectivity index (χ0n) is 25.7. The lowest BCUT2D eigenvalue weighted by Gasteiger charge is -2.33. The summed E-state index contributed by atoms with van der Waals surface area (Å²) in [6.45, 7) is 5.41. The molecule has 0 aliphatic heterocycles. The number of hydrogen-bond donors (Lipinski definition) is 1. The van der Waals surface area contributed by atoms with Gasteiger partial charge in [0.2, 0.25) is 17.6 Å². The molecule has 0 radical (unpaired) electrons. The standard InChI is InChI=1S/C32H37FN6O5/c1-32(2,3)34-31(41)29(22-8-12-24(33)13-9-22)38(18-17-21-7-16-26(43-5)27(19-21)44-6)28(40)20-39-36-30(35-37-39)23-10-14-25(42-4)15-11-23/h7-16,19,29H,17-18,20H2,1-6H3,(H,34,41)/t29-/m1/s1. The van der Waals surface area contributed by atoms with Crippen LogP contribution >= 0.6 is 0 Å². The van der Waals surface area contributed by atoms with Crippen molar-refractivity contribution in [3.8, 4) is 28.6 Å². The first-order valence-corrected chi connectivity index (χ1v) is 14.0. The van der Waals surface area contributed by atoms with E-state index in [1.807, 2.05) is 32.9 Å². The number of nitrogens with zero attached hydrogens (tertiary/aromatic N) is 5. The molecule has 0 spiro atoms. The van der Waals surface area contributed by atoms with Crippen LogP contribution in [0.3, 0.4) is 0 Å². The first-order valence-electron chi connectivity index (χ1n) is 14.0. The Hall–Kier alpha value is -5.00. The molecule has 0 unspecified atom stereocenters. The van der Waals surface area contributed by atoms with Crippen LogP contribution in [-0.4, -0.2) is 70.3 Å². The van der Waals surface area contributed by atoms with E-state index >= 15 is 0 Å². The molecule has 0 saturated carbocycles. The maximum Gasteiger partial charge on any atom is 0.247 e. The number of benzene rings is 3. The lowest BCUT2D eigenvalue weighted by Crippen LogP contribution is -2.50. The van der Waals surface area contributed by atoms with E-state index in [1.165, 1.54) is 34.0 Å². The Morgan fingerprint density at radius 2 is 1.61 bits per heavy atom. The van der Waals surface area contributed by atoms with Crippen molar-refractivity contribution < 1.29 is 28.2 Å². The number of halogens is 1. The summed E-state index contributed by atoms with van der Waals surface area (Å²) >= 11 is 0. The normalized spacial score (nSPS) is 11.9. The second kappa shape index (κ2) is 14.0. The summed E-state index contributed by atoms with van der Waals surface area (Å²) in [4.78, 5) is 30.5. The zero-order chi connectivity index (χ0) is 31.9. The minimum absolute atomic E-state index is 0.147.